The van der Waals surface area contributed by atoms with Crippen LogP contribution in [0.1, 0.15) is 51.4 Å². The summed E-state index contributed by atoms with van der Waals surface area (Å²) in [5.41, 5.74) is 4.18. The molecule has 2 heterocycles. The van der Waals surface area contributed by atoms with Crippen LogP contribution in [-0.2, 0) is 6.42 Å². The van der Waals surface area contributed by atoms with Crippen LogP contribution >= 0.6 is 0 Å². The van der Waals surface area contributed by atoms with E-state index in [0.717, 1.165) is 42.5 Å². The normalized spacial score (nSPS) is 18.8. The standard InChI is InChI=1S/C15H27N5/c1-5-12-17-13(19-16)11(2)14(18-12)20-9-6-7-15(3,4)8-10-20/h5-10,16H2,1-4H3,(H,17,18,19). The van der Waals surface area contributed by atoms with Crippen LogP contribution in [0, 0.1) is 12.3 Å². The molecule has 0 amide bonds. The van der Waals surface area contributed by atoms with E-state index in [1.807, 2.05) is 6.92 Å². The first kappa shape index (κ1) is 15.0. The molecule has 0 spiro atoms. The Morgan fingerprint density at radius 3 is 2.65 bits per heavy atom. The second-order valence-electron chi connectivity index (χ2n) is 6.44. The van der Waals surface area contributed by atoms with Gasteiger partial charge in [-0.15, -0.1) is 0 Å². The third-order valence-corrected chi connectivity index (χ3v) is 4.26. The van der Waals surface area contributed by atoms with Gasteiger partial charge in [0.25, 0.3) is 0 Å². The fourth-order valence-corrected chi connectivity index (χ4v) is 2.79. The van der Waals surface area contributed by atoms with E-state index in [9.17, 15) is 0 Å². The second kappa shape index (κ2) is 5.95. The smallest absolute Gasteiger partial charge is 0.148 e. The molecule has 20 heavy (non-hydrogen) atoms. The molecular weight excluding hydrogens is 250 g/mol. The summed E-state index contributed by atoms with van der Waals surface area (Å²) in [4.78, 5) is 11.6. The predicted octanol–water partition coefficient (Wildman–Crippen LogP) is 2.65. The highest BCUT2D eigenvalue weighted by Crippen LogP contribution is 2.33. The summed E-state index contributed by atoms with van der Waals surface area (Å²) in [6.45, 7) is 10.9. The molecule has 1 aromatic rings. The molecule has 5 heteroatoms. The largest absolute Gasteiger partial charge is 0.356 e. The van der Waals surface area contributed by atoms with Crippen molar-refractivity contribution in [3.63, 3.8) is 0 Å². The van der Waals surface area contributed by atoms with E-state index < -0.39 is 0 Å². The van der Waals surface area contributed by atoms with Crippen LogP contribution in [0.25, 0.3) is 0 Å². The van der Waals surface area contributed by atoms with Gasteiger partial charge < -0.3 is 10.3 Å². The van der Waals surface area contributed by atoms with Crippen molar-refractivity contribution in [1.29, 1.82) is 0 Å². The molecule has 112 valence electrons. The number of hydrazine groups is 1. The average molecular weight is 277 g/mol. The molecule has 0 aliphatic carbocycles. The lowest BCUT2D eigenvalue weighted by Gasteiger charge is -2.26. The molecule has 1 fully saturated rings. The van der Waals surface area contributed by atoms with Gasteiger partial charge in [0, 0.05) is 25.1 Å². The molecule has 0 bridgehead atoms. The van der Waals surface area contributed by atoms with Crippen LogP contribution in [0.3, 0.4) is 0 Å². The zero-order valence-electron chi connectivity index (χ0n) is 13.2. The van der Waals surface area contributed by atoms with E-state index in [0.29, 0.717) is 5.41 Å². The van der Waals surface area contributed by atoms with Gasteiger partial charge in [0.2, 0.25) is 0 Å². The predicted molar refractivity (Wildman–Crippen MR) is 83.8 cm³/mol. The summed E-state index contributed by atoms with van der Waals surface area (Å²) >= 11 is 0. The lowest BCUT2D eigenvalue weighted by atomic mass is 9.85. The fourth-order valence-electron chi connectivity index (χ4n) is 2.79. The van der Waals surface area contributed by atoms with Gasteiger partial charge >= 0.3 is 0 Å². The molecule has 1 aromatic heterocycles. The van der Waals surface area contributed by atoms with E-state index in [1.165, 1.54) is 19.3 Å². The van der Waals surface area contributed by atoms with Gasteiger partial charge in [-0.1, -0.05) is 20.8 Å². The van der Waals surface area contributed by atoms with Gasteiger partial charge in [0.05, 0.1) is 0 Å². The number of anilines is 2. The number of nitrogens with zero attached hydrogens (tertiary/aromatic N) is 3. The maximum absolute atomic E-state index is 5.59. The molecule has 1 aliphatic rings. The Morgan fingerprint density at radius 2 is 2.00 bits per heavy atom. The quantitative estimate of drug-likeness (QED) is 0.657. The van der Waals surface area contributed by atoms with E-state index in [-0.39, 0.29) is 0 Å². The van der Waals surface area contributed by atoms with Crippen molar-refractivity contribution in [3.8, 4) is 0 Å². The third kappa shape index (κ3) is 3.20. The van der Waals surface area contributed by atoms with Gasteiger partial charge in [-0.3, -0.25) is 0 Å². The highest BCUT2D eigenvalue weighted by molar-refractivity contribution is 5.58. The summed E-state index contributed by atoms with van der Waals surface area (Å²) < 4.78 is 0. The number of aryl methyl sites for hydroxylation is 1. The SMILES string of the molecule is CCc1nc(NN)c(C)c(N2CCCC(C)(C)CC2)n1. The first-order valence-electron chi connectivity index (χ1n) is 7.56. The lowest BCUT2D eigenvalue weighted by molar-refractivity contribution is 0.325. The van der Waals surface area contributed by atoms with E-state index >= 15 is 0 Å². The highest BCUT2D eigenvalue weighted by atomic mass is 15.3. The van der Waals surface area contributed by atoms with Gasteiger partial charge in [-0.2, -0.15) is 0 Å². The van der Waals surface area contributed by atoms with Crippen LogP contribution in [-0.4, -0.2) is 23.1 Å². The number of aromatic nitrogens is 2. The molecule has 1 saturated heterocycles. The number of hydrogen-bond donors (Lipinski definition) is 2. The van der Waals surface area contributed by atoms with Crippen molar-refractivity contribution in [2.24, 2.45) is 11.3 Å². The molecule has 3 N–H and O–H groups in total. The van der Waals surface area contributed by atoms with Crippen LogP contribution < -0.4 is 16.2 Å². The summed E-state index contributed by atoms with van der Waals surface area (Å²) in [5.74, 6) is 8.23. The Morgan fingerprint density at radius 1 is 1.25 bits per heavy atom. The first-order valence-corrected chi connectivity index (χ1v) is 7.56. The molecule has 1 aliphatic heterocycles. The number of nitrogen functional groups attached to an aromatic ring is 1. The zero-order valence-corrected chi connectivity index (χ0v) is 13.2. The molecule has 0 saturated carbocycles. The average Bonchev–Trinajstić information content (AvgIpc) is 2.60. The minimum Gasteiger partial charge on any atom is -0.356 e. The van der Waals surface area contributed by atoms with Crippen LogP contribution in [0.2, 0.25) is 0 Å². The van der Waals surface area contributed by atoms with Gasteiger partial charge in [0.15, 0.2) is 0 Å². The van der Waals surface area contributed by atoms with E-state index in [2.05, 4.69) is 36.1 Å². The topological polar surface area (TPSA) is 67.1 Å². The molecule has 0 radical (unpaired) electrons. The summed E-state index contributed by atoms with van der Waals surface area (Å²) in [7, 11) is 0. The first-order chi connectivity index (χ1) is 9.46. The Labute approximate surface area is 121 Å². The Balaban J connectivity index is 2.31. The number of rotatable bonds is 3. The Bertz CT molecular complexity index is 470. The summed E-state index contributed by atoms with van der Waals surface area (Å²) in [6.07, 6.45) is 4.50. The van der Waals surface area contributed by atoms with Gasteiger partial charge in [-0.05, 0) is 31.6 Å². The molecule has 0 aromatic carbocycles. The molecule has 0 unspecified atom stereocenters. The summed E-state index contributed by atoms with van der Waals surface area (Å²) in [6, 6.07) is 0. The van der Waals surface area contributed by atoms with Gasteiger partial charge in [0.1, 0.15) is 17.5 Å². The van der Waals surface area contributed by atoms with Crippen LogP contribution in [0.15, 0.2) is 0 Å². The Hall–Kier alpha value is -1.36. The monoisotopic (exact) mass is 277 g/mol. The zero-order chi connectivity index (χ0) is 14.8. The molecule has 0 atom stereocenters. The minimum absolute atomic E-state index is 0.429. The number of hydrogen-bond acceptors (Lipinski definition) is 5. The van der Waals surface area contributed by atoms with Crippen LogP contribution in [0.4, 0.5) is 11.6 Å². The molecule has 2 rings (SSSR count). The Kier molecular flexibility index (Phi) is 4.48. The van der Waals surface area contributed by atoms with E-state index in [1.54, 1.807) is 0 Å². The van der Waals surface area contributed by atoms with Crippen molar-refractivity contribution in [2.75, 3.05) is 23.4 Å². The fraction of sp³-hybridized carbons (Fsp3) is 0.733. The molecular formula is C15H27N5. The van der Waals surface area contributed by atoms with Crippen molar-refractivity contribution in [2.45, 2.75) is 53.4 Å². The van der Waals surface area contributed by atoms with Crippen molar-refractivity contribution in [3.05, 3.63) is 11.4 Å². The highest BCUT2D eigenvalue weighted by Gasteiger charge is 2.25. The van der Waals surface area contributed by atoms with Crippen molar-refractivity contribution < 1.29 is 0 Å². The van der Waals surface area contributed by atoms with Crippen molar-refractivity contribution in [1.82, 2.24) is 9.97 Å². The lowest BCUT2D eigenvalue weighted by Crippen LogP contribution is -2.28. The number of nitrogens with two attached hydrogens (primary N) is 1. The minimum atomic E-state index is 0.429. The summed E-state index contributed by atoms with van der Waals surface area (Å²) in [5, 5.41) is 0. The van der Waals surface area contributed by atoms with E-state index in [4.69, 9.17) is 10.8 Å². The van der Waals surface area contributed by atoms with Gasteiger partial charge in [-0.25, -0.2) is 15.8 Å². The molecule has 5 nitrogen and oxygen atoms in total. The maximum Gasteiger partial charge on any atom is 0.148 e. The second-order valence-corrected chi connectivity index (χ2v) is 6.44. The maximum atomic E-state index is 5.59. The van der Waals surface area contributed by atoms with Crippen LogP contribution in [0.5, 0.6) is 0 Å². The van der Waals surface area contributed by atoms with Crippen molar-refractivity contribution >= 4 is 11.6 Å². The number of nitrogens with one attached hydrogen (secondary N) is 1. The third-order valence-electron chi connectivity index (χ3n) is 4.26.